The van der Waals surface area contributed by atoms with Gasteiger partial charge in [-0.25, -0.2) is 4.79 Å². The normalized spacial score (nSPS) is 12.6. The maximum absolute atomic E-state index is 11.6. The van der Waals surface area contributed by atoms with Crippen molar-refractivity contribution in [3.8, 4) is 0 Å². The highest BCUT2D eigenvalue weighted by atomic mass is 35.5. The molecule has 1 aromatic rings. The molecule has 0 fully saturated rings. The summed E-state index contributed by atoms with van der Waals surface area (Å²) in [6.07, 6.45) is 0. The summed E-state index contributed by atoms with van der Waals surface area (Å²) in [6, 6.07) is 6.91. The predicted molar refractivity (Wildman–Crippen MR) is 64.5 cm³/mol. The molecule has 0 bridgehead atoms. The highest BCUT2D eigenvalue weighted by Gasteiger charge is 2.21. The number of rotatable bonds is 4. The summed E-state index contributed by atoms with van der Waals surface area (Å²) in [7, 11) is 1.38. The van der Waals surface area contributed by atoms with Crippen molar-refractivity contribution in [3.05, 3.63) is 34.9 Å². The number of hydrogen-bond acceptors (Lipinski definition) is 3. The standard InChI is InChI=1S/C12H16ClNO2/c1-8(2)14-11(12(15)16-3)9-5-4-6-10(13)7-9/h4-8,11,14H,1-3H3. The number of esters is 1. The average molecular weight is 242 g/mol. The molecular weight excluding hydrogens is 226 g/mol. The van der Waals surface area contributed by atoms with Gasteiger partial charge in [0.1, 0.15) is 6.04 Å². The summed E-state index contributed by atoms with van der Waals surface area (Å²) in [5.74, 6) is -0.309. The minimum atomic E-state index is -0.469. The van der Waals surface area contributed by atoms with Crippen LogP contribution in [0.3, 0.4) is 0 Å². The molecule has 0 aliphatic carbocycles. The molecule has 1 aromatic carbocycles. The lowest BCUT2D eigenvalue weighted by Gasteiger charge is -2.19. The van der Waals surface area contributed by atoms with Gasteiger partial charge in [-0.2, -0.15) is 0 Å². The van der Waals surface area contributed by atoms with E-state index in [0.717, 1.165) is 5.56 Å². The predicted octanol–water partition coefficient (Wildman–Crippen LogP) is 2.55. The van der Waals surface area contributed by atoms with Crippen molar-refractivity contribution in [2.45, 2.75) is 25.9 Å². The molecule has 0 radical (unpaired) electrons. The zero-order chi connectivity index (χ0) is 12.1. The first-order valence-corrected chi connectivity index (χ1v) is 5.51. The molecule has 0 saturated carbocycles. The molecule has 16 heavy (non-hydrogen) atoms. The summed E-state index contributed by atoms with van der Waals surface area (Å²) in [4.78, 5) is 11.6. The molecule has 0 spiro atoms. The Morgan fingerprint density at radius 3 is 2.62 bits per heavy atom. The Bertz CT molecular complexity index is 366. The average Bonchev–Trinajstić information content (AvgIpc) is 2.24. The molecule has 4 heteroatoms. The van der Waals surface area contributed by atoms with Crippen LogP contribution in [0.4, 0.5) is 0 Å². The molecule has 0 heterocycles. The van der Waals surface area contributed by atoms with E-state index < -0.39 is 6.04 Å². The van der Waals surface area contributed by atoms with Gasteiger partial charge in [-0.3, -0.25) is 5.32 Å². The quantitative estimate of drug-likeness (QED) is 0.824. The van der Waals surface area contributed by atoms with Crippen LogP contribution in [0, 0.1) is 0 Å². The molecule has 0 saturated heterocycles. The second-order valence-corrected chi connectivity index (χ2v) is 4.27. The first-order chi connectivity index (χ1) is 7.54. The van der Waals surface area contributed by atoms with Crippen molar-refractivity contribution in [1.29, 1.82) is 0 Å². The van der Waals surface area contributed by atoms with Gasteiger partial charge >= 0.3 is 5.97 Å². The summed E-state index contributed by atoms with van der Waals surface area (Å²) < 4.78 is 4.76. The molecule has 3 nitrogen and oxygen atoms in total. The highest BCUT2D eigenvalue weighted by molar-refractivity contribution is 6.30. The van der Waals surface area contributed by atoms with E-state index in [4.69, 9.17) is 16.3 Å². The van der Waals surface area contributed by atoms with E-state index in [-0.39, 0.29) is 12.0 Å². The van der Waals surface area contributed by atoms with Gasteiger partial charge in [-0.15, -0.1) is 0 Å². The number of carbonyl (C=O) groups excluding carboxylic acids is 1. The van der Waals surface area contributed by atoms with E-state index in [0.29, 0.717) is 5.02 Å². The van der Waals surface area contributed by atoms with Gasteiger partial charge < -0.3 is 4.74 Å². The molecule has 0 aromatic heterocycles. The number of nitrogens with one attached hydrogen (secondary N) is 1. The van der Waals surface area contributed by atoms with Crippen LogP contribution in [-0.4, -0.2) is 19.1 Å². The van der Waals surface area contributed by atoms with Crippen molar-refractivity contribution in [2.75, 3.05) is 7.11 Å². The lowest BCUT2D eigenvalue weighted by atomic mass is 10.1. The van der Waals surface area contributed by atoms with Gasteiger partial charge in [0.2, 0.25) is 0 Å². The summed E-state index contributed by atoms with van der Waals surface area (Å²) in [5.41, 5.74) is 0.813. The Kier molecular flexibility index (Phi) is 4.77. The van der Waals surface area contributed by atoms with E-state index in [9.17, 15) is 4.79 Å². The zero-order valence-corrected chi connectivity index (χ0v) is 10.4. The van der Waals surface area contributed by atoms with Gasteiger partial charge in [-0.1, -0.05) is 23.7 Å². The van der Waals surface area contributed by atoms with Crippen molar-refractivity contribution in [1.82, 2.24) is 5.32 Å². The molecule has 1 atom stereocenters. The Labute approximate surface area is 101 Å². The summed E-state index contributed by atoms with van der Waals surface area (Å²) in [6.45, 7) is 3.95. The van der Waals surface area contributed by atoms with E-state index >= 15 is 0 Å². The van der Waals surface area contributed by atoms with Gasteiger partial charge in [0.25, 0.3) is 0 Å². The second kappa shape index (κ2) is 5.87. The van der Waals surface area contributed by atoms with E-state index in [1.807, 2.05) is 26.0 Å². The second-order valence-electron chi connectivity index (χ2n) is 3.83. The van der Waals surface area contributed by atoms with E-state index in [1.54, 1.807) is 12.1 Å². The van der Waals surface area contributed by atoms with Gasteiger partial charge in [0.05, 0.1) is 7.11 Å². The molecular formula is C12H16ClNO2. The van der Waals surface area contributed by atoms with E-state index in [2.05, 4.69) is 5.32 Å². The van der Waals surface area contributed by atoms with Crippen molar-refractivity contribution < 1.29 is 9.53 Å². The molecule has 1 unspecified atom stereocenters. The fourth-order valence-electron chi connectivity index (χ4n) is 1.44. The van der Waals surface area contributed by atoms with Gasteiger partial charge in [-0.05, 0) is 31.5 Å². The fourth-order valence-corrected chi connectivity index (χ4v) is 1.64. The minimum Gasteiger partial charge on any atom is -0.468 e. The lowest BCUT2D eigenvalue weighted by molar-refractivity contribution is -0.143. The van der Waals surface area contributed by atoms with Crippen molar-refractivity contribution >= 4 is 17.6 Å². The van der Waals surface area contributed by atoms with Gasteiger partial charge in [0.15, 0.2) is 0 Å². The maximum Gasteiger partial charge on any atom is 0.327 e. The summed E-state index contributed by atoms with van der Waals surface area (Å²) in [5, 5.41) is 3.75. The molecule has 0 aliphatic rings. The molecule has 88 valence electrons. The number of benzene rings is 1. The Morgan fingerprint density at radius 2 is 2.12 bits per heavy atom. The third-order valence-corrected chi connectivity index (χ3v) is 2.35. The third kappa shape index (κ3) is 3.51. The molecule has 0 aliphatic heterocycles. The van der Waals surface area contributed by atoms with Gasteiger partial charge in [0, 0.05) is 11.1 Å². The number of hydrogen-bond donors (Lipinski definition) is 1. The molecule has 1 rings (SSSR count). The van der Waals surface area contributed by atoms with Crippen LogP contribution in [0.15, 0.2) is 24.3 Å². The zero-order valence-electron chi connectivity index (χ0n) is 9.66. The number of carbonyl (C=O) groups is 1. The maximum atomic E-state index is 11.6. The molecule has 1 N–H and O–H groups in total. The Hall–Kier alpha value is -1.06. The van der Waals surface area contributed by atoms with E-state index in [1.165, 1.54) is 7.11 Å². The van der Waals surface area contributed by atoms with Crippen LogP contribution in [0.25, 0.3) is 0 Å². The lowest BCUT2D eigenvalue weighted by Crippen LogP contribution is -2.34. The third-order valence-electron chi connectivity index (χ3n) is 2.12. The minimum absolute atomic E-state index is 0.183. The van der Waals surface area contributed by atoms with Crippen LogP contribution in [-0.2, 0) is 9.53 Å². The van der Waals surface area contributed by atoms with Crippen LogP contribution in [0.1, 0.15) is 25.5 Å². The highest BCUT2D eigenvalue weighted by Crippen LogP contribution is 2.19. The molecule has 0 amide bonds. The largest absolute Gasteiger partial charge is 0.468 e. The Balaban J connectivity index is 2.96. The number of halogens is 1. The first kappa shape index (κ1) is 13.0. The van der Waals surface area contributed by atoms with Crippen LogP contribution in [0.5, 0.6) is 0 Å². The fraction of sp³-hybridized carbons (Fsp3) is 0.417. The number of ether oxygens (including phenoxy) is 1. The van der Waals surface area contributed by atoms with Crippen LogP contribution in [0.2, 0.25) is 5.02 Å². The Morgan fingerprint density at radius 1 is 1.44 bits per heavy atom. The summed E-state index contributed by atoms with van der Waals surface area (Å²) >= 11 is 5.89. The van der Waals surface area contributed by atoms with Crippen molar-refractivity contribution in [3.63, 3.8) is 0 Å². The topological polar surface area (TPSA) is 38.3 Å². The first-order valence-electron chi connectivity index (χ1n) is 5.14. The van der Waals surface area contributed by atoms with Crippen molar-refractivity contribution in [2.24, 2.45) is 0 Å². The SMILES string of the molecule is COC(=O)C(NC(C)C)c1cccc(Cl)c1. The van der Waals surface area contributed by atoms with Crippen LogP contribution >= 0.6 is 11.6 Å². The smallest absolute Gasteiger partial charge is 0.327 e. The van der Waals surface area contributed by atoms with Crippen LogP contribution < -0.4 is 5.32 Å². The monoisotopic (exact) mass is 241 g/mol. The number of methoxy groups -OCH3 is 1.